The van der Waals surface area contributed by atoms with Crippen LogP contribution in [0.25, 0.3) is 21.3 Å². The molecular formula is C23H22FN5O2S. The Morgan fingerprint density at radius 2 is 1.94 bits per heavy atom. The molecule has 0 atom stereocenters. The Morgan fingerprint density at radius 1 is 1.12 bits per heavy atom. The van der Waals surface area contributed by atoms with Crippen molar-refractivity contribution in [2.45, 2.75) is 6.42 Å². The summed E-state index contributed by atoms with van der Waals surface area (Å²) < 4.78 is 20.4. The van der Waals surface area contributed by atoms with E-state index < -0.39 is 0 Å². The van der Waals surface area contributed by atoms with Gasteiger partial charge in [0.05, 0.1) is 28.9 Å². The molecule has 0 radical (unpaired) electrons. The summed E-state index contributed by atoms with van der Waals surface area (Å²) in [5, 5.41) is 0.497. The number of benzene rings is 2. The lowest BCUT2D eigenvalue weighted by molar-refractivity contribution is 0.0376. The van der Waals surface area contributed by atoms with Crippen LogP contribution in [0.3, 0.4) is 0 Å². The molecule has 5 rings (SSSR count). The molecule has 1 saturated heterocycles. The smallest absolute Gasteiger partial charge is 0.260 e. The van der Waals surface area contributed by atoms with Gasteiger partial charge in [-0.15, -0.1) is 0 Å². The third-order valence-corrected chi connectivity index (χ3v) is 6.55. The van der Waals surface area contributed by atoms with Crippen molar-refractivity contribution in [2.24, 2.45) is 0 Å². The summed E-state index contributed by atoms with van der Waals surface area (Å²) in [7, 11) is 0. The molecule has 1 aliphatic rings. The van der Waals surface area contributed by atoms with Gasteiger partial charge in [0.2, 0.25) is 0 Å². The molecule has 1 fully saturated rings. The molecule has 0 N–H and O–H groups in total. The highest BCUT2D eigenvalue weighted by atomic mass is 32.1. The van der Waals surface area contributed by atoms with Gasteiger partial charge in [-0.2, -0.15) is 0 Å². The molecule has 7 nitrogen and oxygen atoms in total. The number of rotatable bonds is 6. The number of anilines is 1. The average molecular weight is 452 g/mol. The van der Waals surface area contributed by atoms with Crippen LogP contribution in [0.1, 0.15) is 16.8 Å². The van der Waals surface area contributed by atoms with Crippen molar-refractivity contribution in [1.82, 2.24) is 19.9 Å². The standard InChI is InChI=1S/C23H22FN5O2S/c24-17-3-1-4-20-21(17)27-23(32-20)29(10-2-9-28-11-13-31-14-12-28)22(30)16-5-6-18-19(15-16)26-8-7-25-18/h1,3-8,15H,2,9-14H2. The summed E-state index contributed by atoms with van der Waals surface area (Å²) in [6, 6.07) is 10.2. The van der Waals surface area contributed by atoms with E-state index in [1.54, 1.807) is 41.6 Å². The second kappa shape index (κ2) is 9.23. The van der Waals surface area contributed by atoms with E-state index >= 15 is 0 Å². The van der Waals surface area contributed by atoms with Gasteiger partial charge in [-0.05, 0) is 36.8 Å². The van der Waals surface area contributed by atoms with E-state index in [4.69, 9.17) is 4.74 Å². The fraction of sp³-hybridized carbons (Fsp3) is 0.304. The zero-order valence-corrected chi connectivity index (χ0v) is 18.2. The molecule has 4 aromatic rings. The van der Waals surface area contributed by atoms with Crippen LogP contribution in [0.2, 0.25) is 0 Å². The van der Waals surface area contributed by atoms with E-state index in [1.165, 1.54) is 17.4 Å². The molecule has 2 aromatic heterocycles. The largest absolute Gasteiger partial charge is 0.379 e. The number of hydrogen-bond donors (Lipinski definition) is 0. The van der Waals surface area contributed by atoms with Gasteiger partial charge < -0.3 is 4.74 Å². The zero-order valence-electron chi connectivity index (χ0n) is 17.4. The monoisotopic (exact) mass is 451 g/mol. The van der Waals surface area contributed by atoms with Crippen LogP contribution in [0.15, 0.2) is 48.8 Å². The number of ether oxygens (including phenoxy) is 1. The molecule has 0 spiro atoms. The molecule has 0 saturated carbocycles. The first-order valence-corrected chi connectivity index (χ1v) is 11.4. The van der Waals surface area contributed by atoms with Gasteiger partial charge in [0.1, 0.15) is 11.3 Å². The number of carbonyl (C=O) groups excluding carboxylic acids is 1. The topological polar surface area (TPSA) is 71.5 Å². The van der Waals surface area contributed by atoms with Gasteiger partial charge in [0, 0.05) is 44.1 Å². The van der Waals surface area contributed by atoms with Crippen molar-refractivity contribution < 1.29 is 13.9 Å². The minimum Gasteiger partial charge on any atom is -0.379 e. The second-order valence-corrected chi connectivity index (χ2v) is 8.62. The molecule has 0 aliphatic carbocycles. The maximum atomic E-state index is 14.3. The third-order valence-electron chi connectivity index (χ3n) is 5.51. The molecule has 9 heteroatoms. The Morgan fingerprint density at radius 3 is 2.75 bits per heavy atom. The summed E-state index contributed by atoms with van der Waals surface area (Å²) in [6.45, 7) is 4.59. The Balaban J connectivity index is 1.44. The second-order valence-electron chi connectivity index (χ2n) is 7.61. The van der Waals surface area contributed by atoms with Gasteiger partial charge in [-0.25, -0.2) is 9.37 Å². The Kier molecular flexibility index (Phi) is 6.02. The zero-order chi connectivity index (χ0) is 21.9. The minimum absolute atomic E-state index is 0.181. The van der Waals surface area contributed by atoms with E-state index in [0.717, 1.165) is 49.5 Å². The minimum atomic E-state index is -0.383. The molecule has 164 valence electrons. The molecule has 2 aromatic carbocycles. The molecule has 32 heavy (non-hydrogen) atoms. The van der Waals surface area contributed by atoms with Crippen LogP contribution in [-0.2, 0) is 4.74 Å². The molecule has 3 heterocycles. The number of fused-ring (bicyclic) bond motifs is 2. The predicted molar refractivity (Wildman–Crippen MR) is 123 cm³/mol. The first kappa shape index (κ1) is 20.9. The van der Waals surface area contributed by atoms with Crippen molar-refractivity contribution >= 4 is 43.6 Å². The molecular weight excluding hydrogens is 429 g/mol. The number of aromatic nitrogens is 3. The van der Waals surface area contributed by atoms with Crippen LogP contribution in [0.4, 0.5) is 9.52 Å². The predicted octanol–water partition coefficient (Wildman–Crippen LogP) is 3.75. The lowest BCUT2D eigenvalue weighted by Crippen LogP contribution is -2.39. The summed E-state index contributed by atoms with van der Waals surface area (Å²) in [4.78, 5) is 30.6. The third kappa shape index (κ3) is 4.32. The summed E-state index contributed by atoms with van der Waals surface area (Å²) in [5.41, 5.74) is 2.18. The van der Waals surface area contributed by atoms with E-state index in [9.17, 15) is 9.18 Å². The van der Waals surface area contributed by atoms with Crippen LogP contribution >= 0.6 is 11.3 Å². The Hall–Kier alpha value is -3.01. The number of morpholine rings is 1. The SMILES string of the molecule is O=C(c1ccc2nccnc2c1)N(CCCN1CCOCC1)c1nc2c(F)cccc2s1. The Labute approximate surface area is 188 Å². The highest BCUT2D eigenvalue weighted by molar-refractivity contribution is 7.22. The van der Waals surface area contributed by atoms with E-state index in [1.807, 2.05) is 6.07 Å². The van der Waals surface area contributed by atoms with Crippen molar-refractivity contribution in [1.29, 1.82) is 0 Å². The van der Waals surface area contributed by atoms with Gasteiger partial charge in [-0.1, -0.05) is 17.4 Å². The van der Waals surface area contributed by atoms with Crippen LogP contribution in [0.5, 0.6) is 0 Å². The van der Waals surface area contributed by atoms with Crippen LogP contribution in [0, 0.1) is 5.82 Å². The first-order chi connectivity index (χ1) is 15.7. The van der Waals surface area contributed by atoms with Crippen molar-refractivity contribution in [3.63, 3.8) is 0 Å². The quantitative estimate of drug-likeness (QED) is 0.445. The molecule has 0 unspecified atom stereocenters. The fourth-order valence-corrected chi connectivity index (χ4v) is 4.84. The first-order valence-electron chi connectivity index (χ1n) is 10.6. The molecule has 1 amide bonds. The highest BCUT2D eigenvalue weighted by Gasteiger charge is 2.23. The Bertz CT molecular complexity index is 1260. The van der Waals surface area contributed by atoms with Gasteiger partial charge in [0.25, 0.3) is 5.91 Å². The lowest BCUT2D eigenvalue weighted by atomic mass is 10.1. The van der Waals surface area contributed by atoms with Crippen LogP contribution < -0.4 is 4.90 Å². The maximum Gasteiger partial charge on any atom is 0.260 e. The van der Waals surface area contributed by atoms with Crippen LogP contribution in [-0.4, -0.2) is 65.2 Å². The normalized spacial score (nSPS) is 14.8. The fourth-order valence-electron chi connectivity index (χ4n) is 3.83. The van der Waals surface area contributed by atoms with Gasteiger partial charge >= 0.3 is 0 Å². The number of carbonyl (C=O) groups is 1. The number of hydrogen-bond acceptors (Lipinski definition) is 7. The lowest BCUT2D eigenvalue weighted by Gasteiger charge is -2.27. The van der Waals surface area contributed by atoms with Gasteiger partial charge in [-0.3, -0.25) is 24.6 Å². The van der Waals surface area contributed by atoms with Crippen molar-refractivity contribution in [2.75, 3.05) is 44.3 Å². The highest BCUT2D eigenvalue weighted by Crippen LogP contribution is 2.31. The summed E-state index contributed by atoms with van der Waals surface area (Å²) in [5.74, 6) is -0.564. The van der Waals surface area contributed by atoms with Gasteiger partial charge in [0.15, 0.2) is 5.13 Å². The maximum absolute atomic E-state index is 14.3. The number of amides is 1. The summed E-state index contributed by atoms with van der Waals surface area (Å²) in [6.07, 6.45) is 4.00. The molecule has 0 bridgehead atoms. The molecule has 1 aliphatic heterocycles. The van der Waals surface area contributed by atoms with E-state index in [-0.39, 0.29) is 11.7 Å². The summed E-state index contributed by atoms with van der Waals surface area (Å²) >= 11 is 1.32. The number of nitrogens with zero attached hydrogens (tertiary/aromatic N) is 5. The average Bonchev–Trinajstić information content (AvgIpc) is 3.27. The number of halogens is 1. The van der Waals surface area contributed by atoms with E-state index in [0.29, 0.717) is 28.3 Å². The van der Waals surface area contributed by atoms with Crippen molar-refractivity contribution in [3.8, 4) is 0 Å². The van der Waals surface area contributed by atoms with Crippen molar-refractivity contribution in [3.05, 3.63) is 60.2 Å². The number of para-hydroxylation sites is 1. The van der Waals surface area contributed by atoms with E-state index in [2.05, 4.69) is 19.9 Å². The number of thiazole rings is 1.